The summed E-state index contributed by atoms with van der Waals surface area (Å²) in [7, 11) is -1.83. The van der Waals surface area contributed by atoms with Crippen molar-refractivity contribution in [1.82, 2.24) is 9.29 Å². The molecule has 0 atom stereocenters. The van der Waals surface area contributed by atoms with Crippen LogP contribution in [0.2, 0.25) is 0 Å². The normalized spacial score (nSPS) is 11.8. The van der Waals surface area contributed by atoms with Crippen molar-refractivity contribution in [2.24, 2.45) is 0 Å². The van der Waals surface area contributed by atoms with Gasteiger partial charge in [0.15, 0.2) is 0 Å². The Bertz CT molecular complexity index is 657. The van der Waals surface area contributed by atoms with Gasteiger partial charge in [-0.25, -0.2) is 12.7 Å². The number of aromatic nitrogens is 1. The molecule has 2 rings (SSSR count). The van der Waals surface area contributed by atoms with Gasteiger partial charge in [0.05, 0.1) is 4.90 Å². The van der Waals surface area contributed by atoms with Crippen molar-refractivity contribution in [2.75, 3.05) is 13.6 Å². The summed E-state index contributed by atoms with van der Waals surface area (Å²) >= 11 is 3.30. The molecule has 0 N–H and O–H groups in total. The van der Waals surface area contributed by atoms with Gasteiger partial charge in [-0.05, 0) is 48.4 Å². The van der Waals surface area contributed by atoms with Crippen LogP contribution in [0.15, 0.2) is 58.2 Å². The Morgan fingerprint density at radius 2 is 1.70 bits per heavy atom. The molecule has 1 aromatic carbocycles. The smallest absolute Gasteiger partial charge is 0.242 e. The molecule has 0 bridgehead atoms. The zero-order valence-electron chi connectivity index (χ0n) is 11.0. The van der Waals surface area contributed by atoms with E-state index in [0.29, 0.717) is 17.9 Å². The van der Waals surface area contributed by atoms with E-state index in [1.54, 1.807) is 43.7 Å². The summed E-state index contributed by atoms with van der Waals surface area (Å²) in [5.41, 5.74) is 1.07. The molecule has 1 aromatic heterocycles. The summed E-state index contributed by atoms with van der Waals surface area (Å²) in [5, 5.41) is 0. The molecule has 0 saturated carbocycles. The number of sulfonamides is 1. The second-order valence-electron chi connectivity index (χ2n) is 4.39. The van der Waals surface area contributed by atoms with Crippen LogP contribution in [0.1, 0.15) is 5.56 Å². The van der Waals surface area contributed by atoms with Crippen LogP contribution >= 0.6 is 15.9 Å². The second kappa shape index (κ2) is 6.47. The number of rotatable bonds is 5. The van der Waals surface area contributed by atoms with Gasteiger partial charge in [0, 0.05) is 30.5 Å². The Balaban J connectivity index is 2.08. The maximum absolute atomic E-state index is 12.4. The molecular formula is C14H15BrN2O2S. The zero-order valence-corrected chi connectivity index (χ0v) is 13.4. The number of hydrogen-bond donors (Lipinski definition) is 0. The fraction of sp³-hybridized carbons (Fsp3) is 0.214. The number of likely N-dealkylation sites (N-methyl/N-ethyl adjacent to an activating group) is 1. The number of benzene rings is 1. The van der Waals surface area contributed by atoms with Crippen LogP contribution < -0.4 is 0 Å². The molecule has 6 heteroatoms. The first-order chi connectivity index (χ1) is 9.50. The summed E-state index contributed by atoms with van der Waals surface area (Å²) in [6.07, 6.45) is 4.08. The molecule has 0 saturated heterocycles. The summed E-state index contributed by atoms with van der Waals surface area (Å²) in [6, 6.07) is 10.4. The first-order valence-electron chi connectivity index (χ1n) is 6.11. The Kier molecular flexibility index (Phi) is 4.91. The van der Waals surface area contributed by atoms with Gasteiger partial charge >= 0.3 is 0 Å². The predicted molar refractivity (Wildman–Crippen MR) is 81.9 cm³/mol. The lowest BCUT2D eigenvalue weighted by Gasteiger charge is -2.17. The van der Waals surface area contributed by atoms with E-state index in [1.807, 2.05) is 12.1 Å². The van der Waals surface area contributed by atoms with Gasteiger partial charge < -0.3 is 0 Å². The molecule has 0 unspecified atom stereocenters. The van der Waals surface area contributed by atoms with Crippen molar-refractivity contribution in [3.63, 3.8) is 0 Å². The third-order valence-electron chi connectivity index (χ3n) is 2.99. The molecule has 20 heavy (non-hydrogen) atoms. The monoisotopic (exact) mass is 354 g/mol. The molecular weight excluding hydrogens is 340 g/mol. The largest absolute Gasteiger partial charge is 0.265 e. The third kappa shape index (κ3) is 3.65. The lowest BCUT2D eigenvalue weighted by atomic mass is 10.2. The minimum atomic E-state index is -3.43. The predicted octanol–water partition coefficient (Wildman–Crippen LogP) is 2.71. The average Bonchev–Trinajstić information content (AvgIpc) is 2.46. The lowest BCUT2D eigenvalue weighted by Crippen LogP contribution is -2.29. The van der Waals surface area contributed by atoms with Crippen molar-refractivity contribution < 1.29 is 8.42 Å². The van der Waals surface area contributed by atoms with E-state index in [4.69, 9.17) is 0 Å². The molecule has 0 aliphatic carbocycles. The van der Waals surface area contributed by atoms with Crippen molar-refractivity contribution >= 4 is 26.0 Å². The molecule has 0 aliphatic rings. The number of nitrogens with zero attached hydrogens (tertiary/aromatic N) is 2. The van der Waals surface area contributed by atoms with Crippen LogP contribution in [-0.4, -0.2) is 31.3 Å². The fourth-order valence-corrected chi connectivity index (χ4v) is 3.18. The zero-order chi connectivity index (χ0) is 14.6. The molecule has 106 valence electrons. The van der Waals surface area contributed by atoms with Crippen molar-refractivity contribution in [3.05, 3.63) is 58.8 Å². The highest BCUT2D eigenvalue weighted by Crippen LogP contribution is 2.18. The van der Waals surface area contributed by atoms with Gasteiger partial charge in [0.2, 0.25) is 10.0 Å². The summed E-state index contributed by atoms with van der Waals surface area (Å²) in [5.74, 6) is 0. The fourth-order valence-electron chi connectivity index (χ4n) is 1.74. The average molecular weight is 355 g/mol. The van der Waals surface area contributed by atoms with E-state index in [1.165, 1.54) is 4.31 Å². The van der Waals surface area contributed by atoms with E-state index in [2.05, 4.69) is 20.9 Å². The standard InChI is InChI=1S/C14H15BrN2O2S/c1-17(11-8-12-6-9-16-10-7-12)20(18,19)14-4-2-13(15)3-5-14/h2-7,9-10H,8,11H2,1H3. The quantitative estimate of drug-likeness (QED) is 0.829. The van der Waals surface area contributed by atoms with Crippen LogP contribution in [0.3, 0.4) is 0 Å². The van der Waals surface area contributed by atoms with E-state index >= 15 is 0 Å². The highest BCUT2D eigenvalue weighted by atomic mass is 79.9. The SMILES string of the molecule is CN(CCc1ccncc1)S(=O)(=O)c1ccc(Br)cc1. The van der Waals surface area contributed by atoms with Gasteiger partial charge in [0.1, 0.15) is 0 Å². The number of pyridine rings is 1. The van der Waals surface area contributed by atoms with E-state index in [0.717, 1.165) is 10.0 Å². The summed E-state index contributed by atoms with van der Waals surface area (Å²) in [4.78, 5) is 4.24. The Morgan fingerprint density at radius 3 is 2.30 bits per heavy atom. The Labute approximate surface area is 127 Å². The lowest BCUT2D eigenvalue weighted by molar-refractivity contribution is 0.472. The van der Waals surface area contributed by atoms with Gasteiger partial charge in [0.25, 0.3) is 0 Å². The minimum Gasteiger partial charge on any atom is -0.265 e. The first-order valence-corrected chi connectivity index (χ1v) is 8.34. The molecule has 0 amide bonds. The van der Waals surface area contributed by atoms with Crippen molar-refractivity contribution in [2.45, 2.75) is 11.3 Å². The van der Waals surface area contributed by atoms with Crippen molar-refractivity contribution in [3.8, 4) is 0 Å². The van der Waals surface area contributed by atoms with Crippen LogP contribution in [0.25, 0.3) is 0 Å². The second-order valence-corrected chi connectivity index (χ2v) is 7.35. The number of hydrogen-bond acceptors (Lipinski definition) is 3. The maximum atomic E-state index is 12.4. The highest BCUT2D eigenvalue weighted by molar-refractivity contribution is 9.10. The van der Waals surface area contributed by atoms with E-state index < -0.39 is 10.0 Å². The van der Waals surface area contributed by atoms with Gasteiger partial charge in [-0.15, -0.1) is 0 Å². The molecule has 0 fully saturated rings. The summed E-state index contributed by atoms with van der Waals surface area (Å²) in [6.45, 7) is 0.433. The van der Waals surface area contributed by atoms with Crippen LogP contribution in [0, 0.1) is 0 Å². The first kappa shape index (κ1) is 15.2. The topological polar surface area (TPSA) is 50.3 Å². The number of halogens is 1. The van der Waals surface area contributed by atoms with Gasteiger partial charge in [-0.1, -0.05) is 15.9 Å². The van der Waals surface area contributed by atoms with Crippen LogP contribution in [0.5, 0.6) is 0 Å². The third-order valence-corrected chi connectivity index (χ3v) is 5.39. The minimum absolute atomic E-state index is 0.304. The molecule has 4 nitrogen and oxygen atoms in total. The molecule has 0 radical (unpaired) electrons. The van der Waals surface area contributed by atoms with Crippen LogP contribution in [-0.2, 0) is 16.4 Å². The van der Waals surface area contributed by atoms with Crippen molar-refractivity contribution in [1.29, 1.82) is 0 Å². The molecule has 0 spiro atoms. The van der Waals surface area contributed by atoms with Gasteiger partial charge in [-0.2, -0.15) is 0 Å². The molecule has 0 aliphatic heterocycles. The Morgan fingerprint density at radius 1 is 1.10 bits per heavy atom. The molecule has 2 aromatic rings. The molecule has 1 heterocycles. The van der Waals surface area contributed by atoms with Crippen LogP contribution in [0.4, 0.5) is 0 Å². The Hall–Kier alpha value is -1.24. The van der Waals surface area contributed by atoms with E-state index in [-0.39, 0.29) is 0 Å². The summed E-state index contributed by atoms with van der Waals surface area (Å²) < 4.78 is 27.0. The maximum Gasteiger partial charge on any atom is 0.242 e. The highest BCUT2D eigenvalue weighted by Gasteiger charge is 2.20. The van der Waals surface area contributed by atoms with E-state index in [9.17, 15) is 8.42 Å². The van der Waals surface area contributed by atoms with Gasteiger partial charge in [-0.3, -0.25) is 4.98 Å².